The average Bonchev–Trinajstić information content (AvgIpc) is 3.07. The Morgan fingerprint density at radius 3 is 1.74 bits per heavy atom. The molecule has 152 valence electrons. The SMILES string of the molecule is C=C.C=C.Cc1c2c(c([Si](C)(C)C)c3c1SC(C)(CCO)S3)SC(O)(O)S2. The highest BCUT2D eigenvalue weighted by Crippen LogP contribution is 2.63. The van der Waals surface area contributed by atoms with Crippen molar-refractivity contribution in [2.45, 2.75) is 68.0 Å². The Kier molecular flexibility index (Phi) is 8.73. The van der Waals surface area contributed by atoms with E-state index in [-0.39, 0.29) is 10.7 Å². The van der Waals surface area contributed by atoms with Gasteiger partial charge in [-0.05, 0) is 54.5 Å². The third kappa shape index (κ3) is 5.22. The molecule has 0 saturated carbocycles. The zero-order valence-electron chi connectivity index (χ0n) is 16.7. The summed E-state index contributed by atoms with van der Waals surface area (Å²) in [6.07, 6.45) is 0.747. The molecular formula is C19H30O3S4Si. The van der Waals surface area contributed by atoms with Crippen LogP contribution in [-0.2, 0) is 0 Å². The maximum absolute atomic E-state index is 10.1. The van der Waals surface area contributed by atoms with Crippen LogP contribution in [0.25, 0.3) is 0 Å². The summed E-state index contributed by atoms with van der Waals surface area (Å²) >= 11 is 6.01. The normalized spacial score (nSPS) is 22.1. The van der Waals surface area contributed by atoms with Gasteiger partial charge in [0.2, 0.25) is 0 Å². The van der Waals surface area contributed by atoms with Crippen molar-refractivity contribution in [2.75, 3.05) is 6.61 Å². The molecule has 27 heavy (non-hydrogen) atoms. The molecule has 0 bridgehead atoms. The van der Waals surface area contributed by atoms with Crippen LogP contribution in [0.1, 0.15) is 18.9 Å². The first kappa shape index (κ1) is 25.2. The van der Waals surface area contributed by atoms with Crippen LogP contribution < -0.4 is 5.19 Å². The summed E-state index contributed by atoms with van der Waals surface area (Å²) in [4.78, 5) is 4.68. The van der Waals surface area contributed by atoms with Crippen molar-refractivity contribution in [3.8, 4) is 0 Å². The molecule has 0 aromatic heterocycles. The van der Waals surface area contributed by atoms with Gasteiger partial charge >= 0.3 is 0 Å². The fourth-order valence-corrected chi connectivity index (χ4v) is 12.4. The highest BCUT2D eigenvalue weighted by molar-refractivity contribution is 8.21. The van der Waals surface area contributed by atoms with E-state index in [0.717, 1.165) is 33.5 Å². The van der Waals surface area contributed by atoms with Gasteiger partial charge in [-0.25, -0.2) is 0 Å². The Morgan fingerprint density at radius 1 is 0.852 bits per heavy atom. The summed E-state index contributed by atoms with van der Waals surface area (Å²) in [5, 5.41) is 31.0. The van der Waals surface area contributed by atoms with E-state index in [1.165, 1.54) is 26.7 Å². The van der Waals surface area contributed by atoms with Gasteiger partial charge in [0.25, 0.3) is 4.45 Å². The lowest BCUT2D eigenvalue weighted by atomic mass is 10.2. The van der Waals surface area contributed by atoms with E-state index in [0.29, 0.717) is 0 Å². The standard InChI is InChI=1S/C15H22O3S4Si.2C2H4/c1-8-9-11(20-14(2,19-9)6-7-16)13(23(3,4)5)12-10(8)21-15(17,18)22-12;2*1-2/h16-18H,6-7H2,1-5H3;2*1-2H2. The van der Waals surface area contributed by atoms with Crippen molar-refractivity contribution in [1.82, 2.24) is 0 Å². The first-order valence-electron chi connectivity index (χ1n) is 8.50. The van der Waals surface area contributed by atoms with E-state index >= 15 is 0 Å². The molecule has 3 nitrogen and oxygen atoms in total. The number of thioether (sulfide) groups is 4. The summed E-state index contributed by atoms with van der Waals surface area (Å²) in [5.41, 5.74) is 1.15. The number of rotatable bonds is 3. The largest absolute Gasteiger partial charge is 0.396 e. The lowest BCUT2D eigenvalue weighted by Crippen LogP contribution is -2.41. The minimum absolute atomic E-state index is 0.0455. The molecule has 0 fully saturated rings. The average molecular weight is 463 g/mol. The zero-order valence-corrected chi connectivity index (χ0v) is 21.0. The molecule has 2 heterocycles. The number of hydrogen-bond acceptors (Lipinski definition) is 7. The van der Waals surface area contributed by atoms with Crippen molar-refractivity contribution in [2.24, 2.45) is 0 Å². The second-order valence-electron chi connectivity index (χ2n) is 7.13. The van der Waals surface area contributed by atoms with Crippen LogP contribution in [0.3, 0.4) is 0 Å². The fraction of sp³-hybridized carbons (Fsp3) is 0.474. The Morgan fingerprint density at radius 2 is 1.26 bits per heavy atom. The summed E-state index contributed by atoms with van der Waals surface area (Å²) in [5.74, 6) is 0. The molecule has 0 amide bonds. The molecule has 3 N–H and O–H groups in total. The minimum Gasteiger partial charge on any atom is -0.396 e. The molecule has 0 aliphatic carbocycles. The van der Waals surface area contributed by atoms with Crippen LogP contribution >= 0.6 is 47.0 Å². The molecule has 0 saturated heterocycles. The summed E-state index contributed by atoms with van der Waals surface area (Å²) in [7, 11) is -1.67. The van der Waals surface area contributed by atoms with E-state index in [9.17, 15) is 15.3 Å². The molecule has 0 spiro atoms. The van der Waals surface area contributed by atoms with Crippen LogP contribution in [0.4, 0.5) is 0 Å². The maximum atomic E-state index is 10.1. The van der Waals surface area contributed by atoms with Crippen LogP contribution in [0.5, 0.6) is 0 Å². The van der Waals surface area contributed by atoms with Gasteiger partial charge in [-0.1, -0.05) is 19.6 Å². The maximum Gasteiger partial charge on any atom is 0.274 e. The Hall–Kier alpha value is 0.197. The van der Waals surface area contributed by atoms with E-state index in [4.69, 9.17) is 0 Å². The van der Waals surface area contributed by atoms with Gasteiger partial charge in [0.1, 0.15) is 0 Å². The minimum atomic E-state index is -1.76. The third-order valence-electron chi connectivity index (χ3n) is 3.97. The van der Waals surface area contributed by atoms with E-state index in [2.05, 4.69) is 59.8 Å². The van der Waals surface area contributed by atoms with E-state index in [1.54, 1.807) is 0 Å². The molecule has 2 aliphatic rings. The number of hydrogen-bond donors (Lipinski definition) is 3. The monoisotopic (exact) mass is 462 g/mol. The Bertz CT molecular complexity index is 701. The molecule has 1 atom stereocenters. The smallest absolute Gasteiger partial charge is 0.274 e. The van der Waals surface area contributed by atoms with Gasteiger partial charge < -0.3 is 15.3 Å². The predicted octanol–water partition coefficient (Wildman–Crippen LogP) is 5.23. The van der Waals surface area contributed by atoms with Crippen molar-refractivity contribution < 1.29 is 15.3 Å². The van der Waals surface area contributed by atoms with Crippen LogP contribution in [0, 0.1) is 6.92 Å². The van der Waals surface area contributed by atoms with E-state index < -0.39 is 12.5 Å². The van der Waals surface area contributed by atoms with Gasteiger partial charge in [0.05, 0.1) is 12.2 Å². The summed E-state index contributed by atoms with van der Waals surface area (Å²) < 4.78 is -1.81. The lowest BCUT2D eigenvalue weighted by molar-refractivity contribution is 0.00818. The lowest BCUT2D eigenvalue weighted by Gasteiger charge is -2.25. The summed E-state index contributed by atoms with van der Waals surface area (Å²) in [6.45, 7) is 23.4. The zero-order chi connectivity index (χ0) is 21.2. The van der Waals surface area contributed by atoms with Gasteiger partial charge in [-0.15, -0.1) is 49.8 Å². The molecule has 1 unspecified atom stereocenters. The molecule has 1 aromatic carbocycles. The Labute approximate surface area is 181 Å². The van der Waals surface area contributed by atoms with Crippen LogP contribution in [-0.4, -0.2) is 38.5 Å². The van der Waals surface area contributed by atoms with Crippen molar-refractivity contribution >= 4 is 60.3 Å². The van der Waals surface area contributed by atoms with Crippen molar-refractivity contribution in [1.29, 1.82) is 0 Å². The van der Waals surface area contributed by atoms with Gasteiger partial charge in [-0.2, -0.15) is 0 Å². The molecular weight excluding hydrogens is 433 g/mol. The topological polar surface area (TPSA) is 60.7 Å². The Balaban J connectivity index is 0.000000855. The molecule has 8 heteroatoms. The first-order valence-corrected chi connectivity index (χ1v) is 15.3. The number of aliphatic hydroxyl groups is 3. The van der Waals surface area contributed by atoms with Crippen molar-refractivity contribution in [3.05, 3.63) is 31.9 Å². The number of aliphatic hydroxyl groups excluding tert-OH is 1. The first-order chi connectivity index (χ1) is 12.5. The van der Waals surface area contributed by atoms with Crippen LogP contribution in [0.2, 0.25) is 19.6 Å². The second kappa shape index (κ2) is 9.34. The van der Waals surface area contributed by atoms with Gasteiger partial charge in [0.15, 0.2) is 0 Å². The van der Waals surface area contributed by atoms with Crippen LogP contribution in [0.15, 0.2) is 45.9 Å². The number of fused-ring (bicyclic) bond motifs is 2. The molecule has 1 aromatic rings. The highest BCUT2D eigenvalue weighted by Gasteiger charge is 2.46. The second-order valence-corrected chi connectivity index (χ2v) is 18.0. The quantitative estimate of drug-likeness (QED) is 0.323. The highest BCUT2D eigenvalue weighted by atomic mass is 32.2. The number of benzene rings is 1. The third-order valence-corrected chi connectivity index (χ3v) is 12.0. The molecule has 3 rings (SSSR count). The molecule has 0 radical (unpaired) electrons. The summed E-state index contributed by atoms with van der Waals surface area (Å²) in [6, 6.07) is 0. The van der Waals surface area contributed by atoms with Gasteiger partial charge in [-0.3, -0.25) is 0 Å². The molecule has 2 aliphatic heterocycles. The van der Waals surface area contributed by atoms with Crippen molar-refractivity contribution in [3.63, 3.8) is 0 Å². The fourth-order valence-electron chi connectivity index (χ4n) is 2.94. The van der Waals surface area contributed by atoms with E-state index in [1.807, 2.05) is 23.5 Å². The van der Waals surface area contributed by atoms with Gasteiger partial charge in [0, 0.05) is 26.2 Å². The predicted molar refractivity (Wildman–Crippen MR) is 127 cm³/mol.